The SMILES string of the molecule is CCN(CC1CCCC1)C1=NC2=C(C=C(CN(Cc3cc(C(F)(F)F)cc(C(F)(F)F)c3)/C(N)=N/N(C)N)C1)CCC2. The molecule has 0 spiro atoms. The van der Waals surface area contributed by atoms with Crippen molar-refractivity contribution in [2.75, 3.05) is 26.7 Å². The molecule has 0 radical (unpaired) electrons. The van der Waals surface area contributed by atoms with Crippen molar-refractivity contribution in [3.05, 3.63) is 57.8 Å². The molecule has 232 valence electrons. The summed E-state index contributed by atoms with van der Waals surface area (Å²) in [4.78, 5) is 8.83. The second kappa shape index (κ2) is 13.0. The van der Waals surface area contributed by atoms with Gasteiger partial charge in [0.2, 0.25) is 5.96 Å². The maximum atomic E-state index is 13.6. The van der Waals surface area contributed by atoms with Gasteiger partial charge >= 0.3 is 12.4 Å². The molecule has 0 amide bonds. The molecule has 4 N–H and O–H groups in total. The molecule has 0 saturated heterocycles. The predicted octanol–water partition coefficient (Wildman–Crippen LogP) is 6.24. The Labute approximate surface area is 242 Å². The van der Waals surface area contributed by atoms with E-state index < -0.39 is 23.5 Å². The lowest BCUT2D eigenvalue weighted by molar-refractivity contribution is -0.143. The zero-order valence-corrected chi connectivity index (χ0v) is 24.0. The van der Waals surface area contributed by atoms with E-state index in [-0.39, 0.29) is 30.7 Å². The number of halogens is 6. The standard InChI is InChI=1S/C29H39F6N7/c1-3-41(16-19-7-4-5-8-19)26-14-20(11-22-9-6-10-25(22)38-26)17-42(27(36)39-40(2)37)18-21-12-23(28(30,31)32)15-24(13-21)29(33,34)35/h11-13,15,19H,3-10,14,16-18,37H2,1-2H3,(H2,36,39). The number of benzene rings is 1. The molecule has 2 aliphatic carbocycles. The highest BCUT2D eigenvalue weighted by Gasteiger charge is 2.37. The van der Waals surface area contributed by atoms with Gasteiger partial charge in [-0.2, -0.15) is 26.3 Å². The van der Waals surface area contributed by atoms with Gasteiger partial charge in [0.05, 0.1) is 11.1 Å². The first-order valence-corrected chi connectivity index (χ1v) is 14.3. The van der Waals surface area contributed by atoms with E-state index in [2.05, 4.69) is 23.0 Å². The van der Waals surface area contributed by atoms with Crippen LogP contribution in [0.25, 0.3) is 0 Å². The van der Waals surface area contributed by atoms with Crippen LogP contribution in [0.4, 0.5) is 26.3 Å². The first-order chi connectivity index (χ1) is 19.7. The van der Waals surface area contributed by atoms with Gasteiger partial charge in [0, 0.05) is 45.3 Å². The number of guanidine groups is 1. The summed E-state index contributed by atoms with van der Waals surface area (Å²) in [6.45, 7) is 3.56. The van der Waals surface area contributed by atoms with Crippen LogP contribution in [-0.2, 0) is 18.9 Å². The van der Waals surface area contributed by atoms with E-state index >= 15 is 0 Å². The van der Waals surface area contributed by atoms with E-state index in [4.69, 9.17) is 16.6 Å². The normalized spacial score (nSPS) is 18.5. The number of nitrogens with zero attached hydrogens (tertiary/aromatic N) is 5. The number of hydrogen-bond acceptors (Lipinski definition) is 5. The number of allylic oxidation sites excluding steroid dienone is 3. The zero-order valence-electron chi connectivity index (χ0n) is 24.0. The minimum absolute atomic E-state index is 0.118. The van der Waals surface area contributed by atoms with Gasteiger partial charge in [-0.05, 0) is 79.9 Å². The van der Waals surface area contributed by atoms with Crippen molar-refractivity contribution in [2.45, 2.75) is 77.2 Å². The number of amidine groups is 1. The third kappa shape index (κ3) is 8.20. The molecule has 1 aromatic rings. The Bertz CT molecular complexity index is 1210. The Hall–Kier alpha value is -3.22. The van der Waals surface area contributed by atoms with E-state index in [1.54, 1.807) is 0 Å². The fraction of sp³-hybridized carbons (Fsp3) is 0.586. The second-order valence-corrected chi connectivity index (χ2v) is 11.3. The number of alkyl halides is 6. The average molecular weight is 600 g/mol. The summed E-state index contributed by atoms with van der Waals surface area (Å²) in [5.41, 5.74) is 6.30. The van der Waals surface area contributed by atoms with Crippen molar-refractivity contribution >= 4 is 11.8 Å². The van der Waals surface area contributed by atoms with E-state index in [9.17, 15) is 26.3 Å². The highest BCUT2D eigenvalue weighted by Crippen LogP contribution is 2.37. The number of hydrogen-bond donors (Lipinski definition) is 2. The van der Waals surface area contributed by atoms with Gasteiger partial charge in [0.15, 0.2) is 0 Å². The fourth-order valence-corrected chi connectivity index (χ4v) is 5.95. The van der Waals surface area contributed by atoms with Crippen LogP contribution in [0, 0.1) is 5.92 Å². The maximum absolute atomic E-state index is 13.6. The molecule has 0 aromatic heterocycles. The molecule has 0 bridgehead atoms. The highest BCUT2D eigenvalue weighted by atomic mass is 19.4. The first kappa shape index (κ1) is 31.7. The Kier molecular flexibility index (Phi) is 9.79. The van der Waals surface area contributed by atoms with Gasteiger partial charge < -0.3 is 15.5 Å². The summed E-state index contributed by atoms with van der Waals surface area (Å²) < 4.78 is 81.4. The third-order valence-corrected chi connectivity index (χ3v) is 7.96. The lowest BCUT2D eigenvalue weighted by Gasteiger charge is -2.30. The van der Waals surface area contributed by atoms with Crippen LogP contribution in [0.2, 0.25) is 0 Å². The molecular weight excluding hydrogens is 560 g/mol. The monoisotopic (exact) mass is 599 g/mol. The smallest absolute Gasteiger partial charge is 0.368 e. The number of rotatable bonds is 8. The van der Waals surface area contributed by atoms with E-state index in [0.717, 1.165) is 60.1 Å². The molecule has 7 nitrogen and oxygen atoms in total. The Morgan fingerprint density at radius 2 is 1.62 bits per heavy atom. The second-order valence-electron chi connectivity index (χ2n) is 11.3. The zero-order chi connectivity index (χ0) is 30.7. The van der Waals surface area contributed by atoms with Crippen LogP contribution in [0.15, 0.2) is 51.2 Å². The van der Waals surface area contributed by atoms with E-state index in [1.165, 1.54) is 37.6 Å². The van der Waals surface area contributed by atoms with Gasteiger partial charge in [-0.25, -0.2) is 16.0 Å². The van der Waals surface area contributed by atoms with Gasteiger partial charge in [-0.15, -0.1) is 5.10 Å². The van der Waals surface area contributed by atoms with Crippen molar-refractivity contribution in [3.63, 3.8) is 0 Å². The molecule has 42 heavy (non-hydrogen) atoms. The van der Waals surface area contributed by atoms with Crippen LogP contribution in [0.1, 0.15) is 75.0 Å². The number of aliphatic imine (C=N–C) groups is 1. The molecular formula is C29H39F6N7. The van der Waals surface area contributed by atoms with Crippen LogP contribution in [-0.4, -0.2) is 53.4 Å². The van der Waals surface area contributed by atoms with Gasteiger partial charge in [0.1, 0.15) is 5.84 Å². The van der Waals surface area contributed by atoms with Crippen LogP contribution < -0.4 is 11.6 Å². The fourth-order valence-electron chi connectivity index (χ4n) is 5.95. The molecule has 0 atom stereocenters. The first-order valence-electron chi connectivity index (χ1n) is 14.3. The number of nitrogens with two attached hydrogens (primary N) is 2. The lowest BCUT2D eigenvalue weighted by Crippen LogP contribution is -2.41. The molecule has 1 fully saturated rings. The molecule has 13 heteroatoms. The van der Waals surface area contributed by atoms with E-state index in [1.807, 2.05) is 0 Å². The lowest BCUT2D eigenvalue weighted by atomic mass is 10.0. The van der Waals surface area contributed by atoms with Gasteiger partial charge in [-0.1, -0.05) is 18.9 Å². The minimum Gasteiger partial charge on any atom is -0.368 e. The minimum atomic E-state index is -4.96. The molecule has 1 aliphatic heterocycles. The number of hydrazone groups is 1. The number of hydrazine groups is 1. The van der Waals surface area contributed by atoms with Crippen LogP contribution in [0.3, 0.4) is 0 Å². The Morgan fingerprint density at radius 3 is 2.19 bits per heavy atom. The molecule has 3 aliphatic rings. The maximum Gasteiger partial charge on any atom is 0.416 e. The summed E-state index contributed by atoms with van der Waals surface area (Å²) in [6, 6.07) is 1.55. The largest absolute Gasteiger partial charge is 0.416 e. The average Bonchev–Trinajstić information content (AvgIpc) is 3.54. The quantitative estimate of drug-likeness (QED) is 0.122. The van der Waals surface area contributed by atoms with Crippen LogP contribution >= 0.6 is 0 Å². The van der Waals surface area contributed by atoms with Gasteiger partial charge in [0.25, 0.3) is 0 Å². The van der Waals surface area contributed by atoms with Crippen molar-refractivity contribution in [3.8, 4) is 0 Å². The summed E-state index contributed by atoms with van der Waals surface area (Å²) >= 11 is 0. The van der Waals surface area contributed by atoms with Crippen molar-refractivity contribution < 1.29 is 26.3 Å². The van der Waals surface area contributed by atoms with Crippen molar-refractivity contribution in [1.29, 1.82) is 0 Å². The summed E-state index contributed by atoms with van der Waals surface area (Å²) in [7, 11) is 1.42. The summed E-state index contributed by atoms with van der Waals surface area (Å²) in [5, 5.41) is 4.96. The molecule has 1 saturated carbocycles. The van der Waals surface area contributed by atoms with Gasteiger partial charge in [-0.3, -0.25) is 0 Å². The topological polar surface area (TPSA) is 86.5 Å². The van der Waals surface area contributed by atoms with Crippen LogP contribution in [0.5, 0.6) is 0 Å². The third-order valence-electron chi connectivity index (χ3n) is 7.96. The molecule has 0 unspecified atom stereocenters. The van der Waals surface area contributed by atoms with Crippen molar-refractivity contribution in [1.82, 2.24) is 14.9 Å². The molecule has 1 heterocycles. The van der Waals surface area contributed by atoms with Crippen molar-refractivity contribution in [2.24, 2.45) is 27.6 Å². The van der Waals surface area contributed by atoms with E-state index in [0.29, 0.717) is 24.5 Å². The summed E-state index contributed by atoms with van der Waals surface area (Å²) in [5.74, 6) is 7.06. The summed E-state index contributed by atoms with van der Waals surface area (Å²) in [6.07, 6.45) is 0.122. The highest BCUT2D eigenvalue weighted by molar-refractivity contribution is 5.87. The Balaban J connectivity index is 1.67. The molecule has 4 rings (SSSR count). The Morgan fingerprint density at radius 1 is 0.976 bits per heavy atom. The predicted molar refractivity (Wildman–Crippen MR) is 151 cm³/mol. The molecule has 1 aromatic carbocycles.